The molecule has 1 saturated carbocycles. The van der Waals surface area contributed by atoms with Crippen LogP contribution in [0.1, 0.15) is 89.3 Å². The first kappa shape index (κ1) is 25.5. The van der Waals surface area contributed by atoms with E-state index in [0.29, 0.717) is 12.0 Å². The van der Waals surface area contributed by atoms with Crippen molar-refractivity contribution in [2.45, 2.75) is 102 Å². The summed E-state index contributed by atoms with van der Waals surface area (Å²) in [5.41, 5.74) is 15.0. The molecule has 4 heteroatoms. The van der Waals surface area contributed by atoms with Gasteiger partial charge in [0.25, 0.3) is 0 Å². The Hall–Kier alpha value is -2.17. The number of pyridine rings is 1. The Balaban J connectivity index is 1.06. The maximum Gasteiger partial charge on any atom is 0.0726 e. The molecule has 36 heavy (non-hydrogen) atoms. The molecule has 0 amide bonds. The van der Waals surface area contributed by atoms with E-state index in [-0.39, 0.29) is 5.54 Å². The summed E-state index contributed by atoms with van der Waals surface area (Å²) in [6.45, 7) is 6.66. The number of fused-ring (bicyclic) bond motifs is 4. The molecule has 4 nitrogen and oxygen atoms in total. The van der Waals surface area contributed by atoms with Crippen LogP contribution in [0.15, 0.2) is 47.6 Å². The molecule has 4 N–H and O–H groups in total. The third-order valence-electron chi connectivity index (χ3n) is 8.78. The van der Waals surface area contributed by atoms with E-state index in [1.807, 2.05) is 0 Å². The zero-order chi connectivity index (χ0) is 25.0. The Morgan fingerprint density at radius 1 is 1.06 bits per heavy atom. The summed E-state index contributed by atoms with van der Waals surface area (Å²) in [5.74, 6) is 0.538. The molecule has 0 aliphatic heterocycles. The SMILES string of the molecule is C/C=C1\C2C=C(C)CC1(NCCCCCCCNc1c3c(nc4ccccc14)CCCC3)CC(N)C2. The molecule has 1 fully saturated rings. The van der Waals surface area contributed by atoms with Gasteiger partial charge in [0, 0.05) is 40.8 Å². The summed E-state index contributed by atoms with van der Waals surface area (Å²) < 4.78 is 0. The minimum absolute atomic E-state index is 0.103. The highest BCUT2D eigenvalue weighted by atomic mass is 15.0. The van der Waals surface area contributed by atoms with E-state index in [9.17, 15) is 0 Å². The largest absolute Gasteiger partial charge is 0.384 e. The average molecular weight is 487 g/mol. The number of nitrogens with zero attached hydrogens (tertiary/aromatic N) is 1. The normalized spacial score (nSPS) is 26.6. The first-order valence-corrected chi connectivity index (χ1v) is 14.6. The number of para-hydroxylation sites is 1. The lowest BCUT2D eigenvalue weighted by Crippen LogP contribution is -2.57. The van der Waals surface area contributed by atoms with Crippen molar-refractivity contribution in [3.8, 4) is 0 Å². The Labute approximate surface area is 218 Å². The van der Waals surface area contributed by atoms with Gasteiger partial charge < -0.3 is 16.4 Å². The second kappa shape index (κ2) is 11.5. The van der Waals surface area contributed by atoms with Crippen molar-refractivity contribution in [1.29, 1.82) is 0 Å². The van der Waals surface area contributed by atoms with Crippen LogP contribution in [0.3, 0.4) is 0 Å². The van der Waals surface area contributed by atoms with Gasteiger partial charge in [-0.25, -0.2) is 0 Å². The number of aromatic nitrogens is 1. The van der Waals surface area contributed by atoms with Crippen LogP contribution in [0, 0.1) is 5.92 Å². The van der Waals surface area contributed by atoms with Crippen molar-refractivity contribution in [1.82, 2.24) is 10.3 Å². The third kappa shape index (κ3) is 5.40. The van der Waals surface area contributed by atoms with Gasteiger partial charge >= 0.3 is 0 Å². The molecular formula is C32H46N4. The highest BCUT2D eigenvalue weighted by molar-refractivity contribution is 5.93. The standard InChI is InChI=1S/C32H46N4/c1-3-28-24-19-23(2)21-32(28,22-25(33)20-24)35-18-12-6-4-5-11-17-34-31-26-13-7-9-15-29(26)36-30-16-10-8-14-27(30)31/h3,7,9,13,15,19,24-25,35H,4-6,8,10-12,14,16-18,20-22,33H2,1-2H3,(H,34,36)/b28-3+. The molecule has 3 unspecified atom stereocenters. The smallest absolute Gasteiger partial charge is 0.0726 e. The summed E-state index contributed by atoms with van der Waals surface area (Å²) in [4.78, 5) is 4.97. The number of anilines is 1. The lowest BCUT2D eigenvalue weighted by atomic mass is 9.63. The molecule has 1 aromatic carbocycles. The molecule has 0 radical (unpaired) electrons. The van der Waals surface area contributed by atoms with Crippen LogP contribution in [0.25, 0.3) is 10.9 Å². The van der Waals surface area contributed by atoms with E-state index in [1.54, 1.807) is 5.57 Å². The molecule has 3 aliphatic carbocycles. The number of nitrogens with one attached hydrogen (secondary N) is 2. The van der Waals surface area contributed by atoms with Crippen LogP contribution in [-0.2, 0) is 12.8 Å². The number of rotatable bonds is 10. The highest BCUT2D eigenvalue weighted by Gasteiger charge is 2.44. The van der Waals surface area contributed by atoms with Crippen LogP contribution >= 0.6 is 0 Å². The van der Waals surface area contributed by atoms with Crippen molar-refractivity contribution in [3.05, 3.63) is 58.8 Å². The van der Waals surface area contributed by atoms with Crippen LogP contribution < -0.4 is 16.4 Å². The van der Waals surface area contributed by atoms with Gasteiger partial charge in [-0.3, -0.25) is 4.98 Å². The van der Waals surface area contributed by atoms with E-state index >= 15 is 0 Å². The van der Waals surface area contributed by atoms with Crippen molar-refractivity contribution in [2.75, 3.05) is 18.4 Å². The Bertz CT molecular complexity index is 1120. The predicted molar refractivity (Wildman–Crippen MR) is 154 cm³/mol. The monoisotopic (exact) mass is 486 g/mol. The van der Waals surface area contributed by atoms with Crippen LogP contribution in [0.4, 0.5) is 5.69 Å². The number of unbranched alkanes of at least 4 members (excludes halogenated alkanes) is 4. The van der Waals surface area contributed by atoms with Crippen LogP contribution in [0.2, 0.25) is 0 Å². The van der Waals surface area contributed by atoms with Crippen molar-refractivity contribution in [3.63, 3.8) is 0 Å². The number of nitrogens with two attached hydrogens (primary N) is 1. The molecule has 0 spiro atoms. The fourth-order valence-electron chi connectivity index (χ4n) is 7.29. The van der Waals surface area contributed by atoms with Gasteiger partial charge in [0.1, 0.15) is 0 Å². The van der Waals surface area contributed by atoms with E-state index < -0.39 is 0 Å². The molecule has 194 valence electrons. The second-order valence-electron chi connectivity index (χ2n) is 11.6. The van der Waals surface area contributed by atoms with Gasteiger partial charge in [-0.1, -0.05) is 55.2 Å². The Morgan fingerprint density at radius 3 is 2.69 bits per heavy atom. The average Bonchev–Trinajstić information content (AvgIpc) is 2.86. The van der Waals surface area contributed by atoms with Gasteiger partial charge in [0.15, 0.2) is 0 Å². The quantitative estimate of drug-likeness (QED) is 0.254. The number of benzene rings is 1. The van der Waals surface area contributed by atoms with Crippen LogP contribution in [-0.4, -0.2) is 29.7 Å². The number of aryl methyl sites for hydroxylation is 1. The molecule has 0 saturated heterocycles. The van der Waals surface area contributed by atoms with E-state index in [0.717, 1.165) is 44.3 Å². The summed E-state index contributed by atoms with van der Waals surface area (Å²) in [7, 11) is 0. The van der Waals surface area contributed by atoms with Crippen LogP contribution in [0.5, 0.6) is 0 Å². The molecule has 1 aromatic heterocycles. The molecular weight excluding hydrogens is 440 g/mol. The number of hydrogen-bond donors (Lipinski definition) is 3. The fourth-order valence-corrected chi connectivity index (χ4v) is 7.29. The van der Waals surface area contributed by atoms with Crippen molar-refractivity contribution in [2.24, 2.45) is 11.7 Å². The lowest BCUT2D eigenvalue weighted by Gasteiger charge is -2.49. The van der Waals surface area contributed by atoms with Gasteiger partial charge in [-0.15, -0.1) is 0 Å². The number of allylic oxidation sites excluding steroid dienone is 2. The van der Waals surface area contributed by atoms with E-state index in [1.165, 1.54) is 79.3 Å². The first-order valence-electron chi connectivity index (χ1n) is 14.6. The van der Waals surface area contributed by atoms with Gasteiger partial charge in [-0.05, 0) is 95.4 Å². The summed E-state index contributed by atoms with van der Waals surface area (Å²) >= 11 is 0. The minimum atomic E-state index is 0.103. The first-order chi connectivity index (χ1) is 17.6. The van der Waals surface area contributed by atoms with Gasteiger partial charge in [0.05, 0.1) is 5.52 Å². The molecule has 3 atom stereocenters. The Kier molecular flexibility index (Phi) is 8.12. The fraction of sp³-hybridized carbons (Fsp3) is 0.594. The summed E-state index contributed by atoms with van der Waals surface area (Å²) in [5, 5.41) is 9.11. The highest BCUT2D eigenvalue weighted by Crippen LogP contribution is 2.45. The molecule has 3 aliphatic rings. The summed E-state index contributed by atoms with van der Waals surface area (Å²) in [6.07, 6.45) is 19.4. The molecule has 2 bridgehead atoms. The zero-order valence-electron chi connectivity index (χ0n) is 22.5. The number of hydrogen-bond acceptors (Lipinski definition) is 4. The topological polar surface area (TPSA) is 63.0 Å². The molecule has 2 aromatic rings. The zero-order valence-corrected chi connectivity index (χ0v) is 22.5. The Morgan fingerprint density at radius 2 is 1.83 bits per heavy atom. The second-order valence-corrected chi connectivity index (χ2v) is 11.6. The molecule has 5 rings (SSSR count). The lowest BCUT2D eigenvalue weighted by molar-refractivity contribution is 0.241. The van der Waals surface area contributed by atoms with E-state index in [4.69, 9.17) is 10.7 Å². The van der Waals surface area contributed by atoms with Crippen molar-refractivity contribution >= 4 is 16.6 Å². The third-order valence-corrected chi connectivity index (χ3v) is 8.78. The minimum Gasteiger partial charge on any atom is -0.384 e. The van der Waals surface area contributed by atoms with E-state index in [2.05, 4.69) is 60.9 Å². The summed E-state index contributed by atoms with van der Waals surface area (Å²) in [6, 6.07) is 8.95. The van der Waals surface area contributed by atoms with Crippen molar-refractivity contribution < 1.29 is 0 Å². The maximum atomic E-state index is 6.48. The predicted octanol–water partition coefficient (Wildman–Crippen LogP) is 6.84. The maximum absolute atomic E-state index is 6.48. The van der Waals surface area contributed by atoms with Gasteiger partial charge in [0.2, 0.25) is 0 Å². The van der Waals surface area contributed by atoms with Gasteiger partial charge in [-0.2, -0.15) is 0 Å². The molecule has 1 heterocycles.